The number of hydrogen-bond donors (Lipinski definition) is 1. The lowest BCUT2D eigenvalue weighted by Crippen LogP contribution is -2.15. The van der Waals surface area contributed by atoms with Crippen molar-refractivity contribution in [3.05, 3.63) is 39.7 Å². The molecule has 1 aromatic carbocycles. The summed E-state index contributed by atoms with van der Waals surface area (Å²) in [5.74, 6) is 0.967. The molecule has 0 bridgehead atoms. The Morgan fingerprint density at radius 1 is 1.33 bits per heavy atom. The summed E-state index contributed by atoms with van der Waals surface area (Å²) in [5, 5.41) is 3.44. The van der Waals surface area contributed by atoms with Crippen LogP contribution in [0, 0.1) is 3.57 Å². The lowest BCUT2D eigenvalue weighted by atomic mass is 10.3. The number of aromatic nitrogens is 2. The highest BCUT2D eigenvalue weighted by Gasteiger charge is 2.08. The monoisotopic (exact) mass is 356 g/mol. The van der Waals surface area contributed by atoms with Gasteiger partial charge in [-0.2, -0.15) is 0 Å². The van der Waals surface area contributed by atoms with Crippen LogP contribution in [0.3, 0.4) is 0 Å². The van der Waals surface area contributed by atoms with Gasteiger partial charge in [-0.05, 0) is 34.7 Å². The predicted octanol–water partition coefficient (Wildman–Crippen LogP) is 2.70. The van der Waals surface area contributed by atoms with E-state index >= 15 is 0 Å². The molecule has 1 aromatic heterocycles. The van der Waals surface area contributed by atoms with Crippen LogP contribution in [-0.4, -0.2) is 23.6 Å². The Labute approximate surface area is 121 Å². The summed E-state index contributed by atoms with van der Waals surface area (Å²) >= 11 is 2.33. The molecular formula is C13H17IN4. The smallest absolute Gasteiger partial charge is 0.204 e. The third-order valence-corrected chi connectivity index (χ3v) is 3.73. The lowest BCUT2D eigenvalue weighted by Gasteiger charge is -2.13. The third-order valence-electron chi connectivity index (χ3n) is 2.79. The van der Waals surface area contributed by atoms with E-state index in [0.717, 1.165) is 18.2 Å². The zero-order valence-corrected chi connectivity index (χ0v) is 13.0. The molecular weight excluding hydrogens is 339 g/mol. The molecule has 0 saturated carbocycles. The molecule has 1 heterocycles. The van der Waals surface area contributed by atoms with Crippen molar-refractivity contribution in [3.8, 4) is 0 Å². The first-order valence-corrected chi connectivity index (χ1v) is 6.84. The van der Waals surface area contributed by atoms with Crippen molar-refractivity contribution < 1.29 is 0 Å². The normalized spacial score (nSPS) is 10.4. The molecule has 0 aliphatic carbocycles. The Bertz CT molecular complexity index is 534. The van der Waals surface area contributed by atoms with Crippen molar-refractivity contribution in [1.29, 1.82) is 0 Å². The first-order chi connectivity index (χ1) is 8.59. The van der Waals surface area contributed by atoms with E-state index in [2.05, 4.69) is 49.6 Å². The van der Waals surface area contributed by atoms with Gasteiger partial charge < -0.3 is 14.8 Å². The van der Waals surface area contributed by atoms with Crippen LogP contribution in [-0.2, 0) is 13.6 Å². The maximum absolute atomic E-state index is 4.40. The second-order valence-corrected chi connectivity index (χ2v) is 5.50. The summed E-state index contributed by atoms with van der Waals surface area (Å²) in [4.78, 5) is 6.41. The molecule has 2 rings (SSSR count). The topological polar surface area (TPSA) is 33.1 Å². The summed E-state index contributed by atoms with van der Waals surface area (Å²) in [5.41, 5.74) is 2.32. The van der Waals surface area contributed by atoms with Gasteiger partial charge in [0.15, 0.2) is 0 Å². The highest BCUT2D eigenvalue weighted by molar-refractivity contribution is 14.1. The van der Waals surface area contributed by atoms with E-state index in [-0.39, 0.29) is 0 Å². The Hall–Kier alpha value is -1.24. The number of halogens is 1. The van der Waals surface area contributed by atoms with Gasteiger partial charge in [-0.1, -0.05) is 12.1 Å². The van der Waals surface area contributed by atoms with Gasteiger partial charge in [-0.25, -0.2) is 4.98 Å². The fraction of sp³-hybridized carbons (Fsp3) is 0.308. The van der Waals surface area contributed by atoms with Crippen molar-refractivity contribution in [3.63, 3.8) is 0 Å². The van der Waals surface area contributed by atoms with Crippen LogP contribution in [0.1, 0.15) is 5.69 Å². The van der Waals surface area contributed by atoms with Gasteiger partial charge in [0.25, 0.3) is 0 Å². The first-order valence-electron chi connectivity index (χ1n) is 5.76. The molecule has 0 spiro atoms. The molecule has 5 heteroatoms. The van der Waals surface area contributed by atoms with E-state index in [1.807, 2.05) is 44.4 Å². The number of nitrogens with one attached hydrogen (secondary N) is 1. The Morgan fingerprint density at radius 2 is 2.06 bits per heavy atom. The van der Waals surface area contributed by atoms with E-state index in [1.54, 1.807) is 0 Å². The van der Waals surface area contributed by atoms with Gasteiger partial charge in [0.1, 0.15) is 0 Å². The van der Waals surface area contributed by atoms with Crippen LogP contribution in [0.15, 0.2) is 30.5 Å². The average Bonchev–Trinajstić information content (AvgIpc) is 2.70. The molecule has 0 aliphatic heterocycles. The van der Waals surface area contributed by atoms with Gasteiger partial charge in [-0.15, -0.1) is 0 Å². The molecule has 4 nitrogen and oxygen atoms in total. The minimum absolute atomic E-state index is 0.775. The maximum Gasteiger partial charge on any atom is 0.204 e. The number of rotatable bonds is 4. The van der Waals surface area contributed by atoms with Crippen LogP contribution in [0.5, 0.6) is 0 Å². The second-order valence-electron chi connectivity index (χ2n) is 4.34. The number of para-hydroxylation sites is 1. The van der Waals surface area contributed by atoms with Crippen molar-refractivity contribution in [2.24, 2.45) is 7.05 Å². The molecule has 1 N–H and O–H groups in total. The highest BCUT2D eigenvalue weighted by atomic mass is 127. The predicted molar refractivity (Wildman–Crippen MR) is 84.0 cm³/mol. The summed E-state index contributed by atoms with van der Waals surface area (Å²) < 4.78 is 3.33. The number of hydrogen-bond acceptors (Lipinski definition) is 3. The fourth-order valence-electron chi connectivity index (χ4n) is 1.80. The molecule has 2 aromatic rings. The average molecular weight is 356 g/mol. The molecule has 0 fully saturated rings. The van der Waals surface area contributed by atoms with Gasteiger partial charge in [0.05, 0.1) is 18.4 Å². The van der Waals surface area contributed by atoms with Crippen LogP contribution in [0.25, 0.3) is 0 Å². The van der Waals surface area contributed by atoms with Crippen LogP contribution >= 0.6 is 22.6 Å². The van der Waals surface area contributed by atoms with Gasteiger partial charge >= 0.3 is 0 Å². The van der Waals surface area contributed by atoms with E-state index < -0.39 is 0 Å². The molecule has 0 saturated heterocycles. The highest BCUT2D eigenvalue weighted by Crippen LogP contribution is 2.18. The van der Waals surface area contributed by atoms with Gasteiger partial charge in [-0.3, -0.25) is 0 Å². The van der Waals surface area contributed by atoms with Crippen molar-refractivity contribution in [2.45, 2.75) is 6.54 Å². The minimum atomic E-state index is 0.775. The molecule has 0 radical (unpaired) electrons. The number of imidazole rings is 1. The minimum Gasteiger partial charge on any atom is -0.379 e. The molecule has 96 valence electrons. The Balaban J connectivity index is 2.09. The Kier molecular flexibility index (Phi) is 4.11. The third kappa shape index (κ3) is 2.77. The fourth-order valence-corrected chi connectivity index (χ4v) is 2.38. The largest absolute Gasteiger partial charge is 0.379 e. The first kappa shape index (κ1) is 13.2. The van der Waals surface area contributed by atoms with Crippen molar-refractivity contribution >= 4 is 34.2 Å². The standard InChI is InChI=1S/C13H17IN4/c1-17(2)13-16-9-10(18(13)3)8-15-12-7-5-4-6-11(12)14/h4-7,9,15H,8H2,1-3H3. The van der Waals surface area contributed by atoms with Crippen LogP contribution in [0.2, 0.25) is 0 Å². The number of anilines is 2. The zero-order valence-electron chi connectivity index (χ0n) is 10.8. The van der Waals surface area contributed by atoms with E-state index in [0.29, 0.717) is 0 Å². The van der Waals surface area contributed by atoms with Gasteiger partial charge in [0.2, 0.25) is 5.95 Å². The molecule has 0 aliphatic rings. The quantitative estimate of drug-likeness (QED) is 0.856. The summed E-state index contributed by atoms with van der Waals surface area (Å²) in [6.45, 7) is 0.775. The second kappa shape index (κ2) is 5.60. The number of benzene rings is 1. The van der Waals surface area contributed by atoms with E-state index in [9.17, 15) is 0 Å². The van der Waals surface area contributed by atoms with Gasteiger partial charge in [0, 0.05) is 30.4 Å². The molecule has 0 atom stereocenters. The molecule has 0 amide bonds. The SMILES string of the molecule is CN(C)c1ncc(CNc2ccccc2I)n1C. The number of nitrogens with zero attached hydrogens (tertiary/aromatic N) is 3. The lowest BCUT2D eigenvalue weighted by molar-refractivity contribution is 0.814. The zero-order chi connectivity index (χ0) is 13.1. The summed E-state index contributed by atoms with van der Waals surface area (Å²) in [7, 11) is 6.04. The van der Waals surface area contributed by atoms with Crippen molar-refractivity contribution in [2.75, 3.05) is 24.3 Å². The Morgan fingerprint density at radius 3 is 2.67 bits per heavy atom. The van der Waals surface area contributed by atoms with Crippen molar-refractivity contribution in [1.82, 2.24) is 9.55 Å². The summed E-state index contributed by atoms with van der Waals surface area (Å²) in [6.07, 6.45) is 1.91. The van der Waals surface area contributed by atoms with E-state index in [1.165, 1.54) is 9.26 Å². The van der Waals surface area contributed by atoms with Crippen LogP contribution < -0.4 is 10.2 Å². The summed E-state index contributed by atoms with van der Waals surface area (Å²) in [6, 6.07) is 8.27. The van der Waals surface area contributed by atoms with Crippen LogP contribution in [0.4, 0.5) is 11.6 Å². The molecule has 18 heavy (non-hydrogen) atoms. The maximum atomic E-state index is 4.40. The molecule has 0 unspecified atom stereocenters. The van der Waals surface area contributed by atoms with E-state index in [4.69, 9.17) is 0 Å².